The Hall–Kier alpha value is -3.84. The van der Waals surface area contributed by atoms with Crippen LogP contribution >= 0.6 is 0 Å². The number of benzene rings is 3. The van der Waals surface area contributed by atoms with Gasteiger partial charge in [-0.3, -0.25) is 9.69 Å². The van der Waals surface area contributed by atoms with Gasteiger partial charge in [-0.2, -0.15) is 0 Å². The zero-order valence-electron chi connectivity index (χ0n) is 21.0. The third kappa shape index (κ3) is 3.93. The molecule has 7 rings (SSSR count). The SMILES string of the molecule is O=C(c1ccc2c(c1)OCCO2)C1CC2COCC(C1)N2C(=O)OCC1c2ccccc2-c2ccccc21. The fourth-order valence-corrected chi connectivity index (χ4v) is 6.53. The van der Waals surface area contributed by atoms with Gasteiger partial charge in [-0.15, -0.1) is 0 Å². The van der Waals surface area contributed by atoms with Crippen LogP contribution in [0.5, 0.6) is 11.5 Å². The summed E-state index contributed by atoms with van der Waals surface area (Å²) < 4.78 is 23.0. The van der Waals surface area contributed by atoms with Gasteiger partial charge in [0.2, 0.25) is 0 Å². The third-order valence-corrected chi connectivity index (χ3v) is 8.26. The first-order chi connectivity index (χ1) is 18.7. The topological polar surface area (TPSA) is 74.3 Å². The number of piperidine rings is 1. The number of Topliss-reactive ketones (excluding diaryl/α,β-unsaturated/α-hetero) is 1. The number of morpholine rings is 1. The summed E-state index contributed by atoms with van der Waals surface area (Å²) in [5.74, 6) is 1.18. The van der Waals surface area contributed by atoms with Crippen molar-refractivity contribution >= 4 is 11.9 Å². The maximum atomic E-state index is 13.5. The lowest BCUT2D eigenvalue weighted by Crippen LogP contribution is -2.60. The molecule has 0 aromatic heterocycles. The van der Waals surface area contributed by atoms with Gasteiger partial charge in [-0.1, -0.05) is 48.5 Å². The number of rotatable bonds is 4. The van der Waals surface area contributed by atoms with Crippen molar-refractivity contribution in [2.75, 3.05) is 33.0 Å². The van der Waals surface area contributed by atoms with Crippen molar-refractivity contribution in [3.05, 3.63) is 83.4 Å². The minimum absolute atomic E-state index is 0.0109. The van der Waals surface area contributed by atoms with E-state index in [4.69, 9.17) is 18.9 Å². The third-order valence-electron chi connectivity index (χ3n) is 8.26. The molecule has 3 aromatic rings. The standard InChI is InChI=1S/C31H29NO6/c33-30(19-9-10-28-29(15-19)37-12-11-36-28)20-13-21-16-35-17-22(14-20)32(21)31(34)38-18-27-25-7-3-1-5-23(25)24-6-2-4-8-26(24)27/h1-10,15,20-22,27H,11-14,16-18H2. The van der Waals surface area contributed by atoms with Crippen molar-refractivity contribution < 1.29 is 28.5 Å². The smallest absolute Gasteiger partial charge is 0.410 e. The molecule has 0 spiro atoms. The molecule has 0 saturated carbocycles. The fraction of sp³-hybridized carbons (Fsp3) is 0.355. The average Bonchev–Trinajstić information content (AvgIpc) is 3.28. The minimum atomic E-state index is -0.324. The molecule has 1 amide bonds. The van der Waals surface area contributed by atoms with Crippen molar-refractivity contribution in [1.82, 2.24) is 4.90 Å². The lowest BCUT2D eigenvalue weighted by molar-refractivity contribution is -0.0747. The Kier molecular flexibility index (Phi) is 5.81. The second-order valence-electron chi connectivity index (χ2n) is 10.4. The molecule has 7 heteroatoms. The second-order valence-corrected chi connectivity index (χ2v) is 10.4. The van der Waals surface area contributed by atoms with Gasteiger partial charge in [0.05, 0.1) is 25.3 Å². The Morgan fingerprint density at radius 3 is 2.13 bits per heavy atom. The van der Waals surface area contributed by atoms with Crippen LogP contribution in [0.2, 0.25) is 0 Å². The molecule has 4 aliphatic rings. The van der Waals surface area contributed by atoms with Gasteiger partial charge in [-0.05, 0) is 53.3 Å². The minimum Gasteiger partial charge on any atom is -0.486 e. The first-order valence-electron chi connectivity index (χ1n) is 13.3. The summed E-state index contributed by atoms with van der Waals surface area (Å²) in [5.41, 5.74) is 5.40. The molecule has 3 heterocycles. The largest absolute Gasteiger partial charge is 0.486 e. The van der Waals surface area contributed by atoms with E-state index in [0.717, 1.165) is 0 Å². The van der Waals surface area contributed by atoms with Crippen molar-refractivity contribution in [2.24, 2.45) is 5.92 Å². The van der Waals surface area contributed by atoms with Crippen LogP contribution in [-0.2, 0) is 9.47 Å². The van der Waals surface area contributed by atoms with E-state index in [9.17, 15) is 9.59 Å². The van der Waals surface area contributed by atoms with E-state index in [1.54, 1.807) is 18.2 Å². The Morgan fingerprint density at radius 2 is 1.45 bits per heavy atom. The molecule has 194 valence electrons. The highest BCUT2D eigenvalue weighted by Gasteiger charge is 2.45. The van der Waals surface area contributed by atoms with E-state index in [2.05, 4.69) is 24.3 Å². The van der Waals surface area contributed by atoms with Crippen LogP contribution in [0.3, 0.4) is 0 Å². The normalized spacial score (nSPS) is 23.4. The number of carbonyl (C=O) groups is 2. The van der Waals surface area contributed by atoms with Crippen molar-refractivity contribution in [2.45, 2.75) is 30.8 Å². The van der Waals surface area contributed by atoms with E-state index < -0.39 is 0 Å². The summed E-state index contributed by atoms with van der Waals surface area (Å²) >= 11 is 0. The van der Waals surface area contributed by atoms with Crippen LogP contribution in [0, 0.1) is 5.92 Å². The van der Waals surface area contributed by atoms with E-state index in [1.165, 1.54) is 22.3 Å². The van der Waals surface area contributed by atoms with E-state index in [0.29, 0.717) is 56.3 Å². The molecule has 2 bridgehead atoms. The summed E-state index contributed by atoms with van der Waals surface area (Å²) in [6, 6.07) is 21.6. The first kappa shape index (κ1) is 23.3. The number of ketones is 1. The van der Waals surface area contributed by atoms with Crippen molar-refractivity contribution in [3.8, 4) is 22.6 Å². The Bertz CT molecular complexity index is 1340. The van der Waals surface area contributed by atoms with Crippen molar-refractivity contribution in [1.29, 1.82) is 0 Å². The number of fused-ring (bicyclic) bond motifs is 6. The lowest BCUT2D eigenvalue weighted by Gasteiger charge is -2.47. The average molecular weight is 512 g/mol. The first-order valence-corrected chi connectivity index (χ1v) is 13.3. The zero-order chi connectivity index (χ0) is 25.6. The Balaban J connectivity index is 1.05. The Labute approximate surface area is 221 Å². The van der Waals surface area contributed by atoms with Crippen LogP contribution < -0.4 is 9.47 Å². The molecule has 2 saturated heterocycles. The van der Waals surface area contributed by atoms with E-state index >= 15 is 0 Å². The van der Waals surface area contributed by atoms with Crippen LogP contribution in [0.4, 0.5) is 4.79 Å². The molecule has 2 fully saturated rings. The molecule has 1 aliphatic carbocycles. The summed E-state index contributed by atoms with van der Waals surface area (Å²) in [6.07, 6.45) is 0.775. The molecule has 2 unspecified atom stereocenters. The van der Waals surface area contributed by atoms with Crippen LogP contribution in [0.15, 0.2) is 66.7 Å². The molecule has 3 aromatic carbocycles. The molecule has 3 aliphatic heterocycles. The molecule has 2 atom stereocenters. The van der Waals surface area contributed by atoms with E-state index in [-0.39, 0.29) is 42.4 Å². The number of ether oxygens (including phenoxy) is 4. The number of hydrogen-bond acceptors (Lipinski definition) is 6. The molecule has 38 heavy (non-hydrogen) atoms. The summed E-state index contributed by atoms with van der Waals surface area (Å²) in [4.78, 5) is 28.7. The van der Waals surface area contributed by atoms with Gasteiger partial charge in [0.1, 0.15) is 19.8 Å². The zero-order valence-corrected chi connectivity index (χ0v) is 21.0. The highest BCUT2D eigenvalue weighted by molar-refractivity contribution is 5.98. The van der Waals surface area contributed by atoms with Gasteiger partial charge in [0.25, 0.3) is 0 Å². The molecule has 0 radical (unpaired) electrons. The van der Waals surface area contributed by atoms with Gasteiger partial charge in [0, 0.05) is 17.4 Å². The summed E-state index contributed by atoms with van der Waals surface area (Å²) in [5, 5.41) is 0. The highest BCUT2D eigenvalue weighted by atomic mass is 16.6. The van der Waals surface area contributed by atoms with Crippen molar-refractivity contribution in [3.63, 3.8) is 0 Å². The predicted molar refractivity (Wildman–Crippen MR) is 140 cm³/mol. The lowest BCUT2D eigenvalue weighted by atomic mass is 9.81. The van der Waals surface area contributed by atoms with Gasteiger partial charge in [-0.25, -0.2) is 4.79 Å². The Morgan fingerprint density at radius 1 is 0.816 bits per heavy atom. The fourth-order valence-electron chi connectivity index (χ4n) is 6.53. The molecular weight excluding hydrogens is 482 g/mol. The number of hydrogen-bond donors (Lipinski definition) is 0. The monoisotopic (exact) mass is 511 g/mol. The van der Waals surface area contributed by atoms with Crippen LogP contribution in [-0.4, -0.2) is 61.9 Å². The predicted octanol–water partition coefficient (Wildman–Crippen LogP) is 5.07. The maximum Gasteiger partial charge on any atom is 0.410 e. The van der Waals surface area contributed by atoms with Gasteiger partial charge in [0.15, 0.2) is 17.3 Å². The quantitative estimate of drug-likeness (QED) is 0.456. The second kappa shape index (κ2) is 9.48. The van der Waals surface area contributed by atoms with E-state index in [1.807, 2.05) is 29.2 Å². The number of nitrogens with zero attached hydrogens (tertiary/aromatic N) is 1. The summed E-state index contributed by atoms with van der Waals surface area (Å²) in [6.45, 7) is 2.09. The van der Waals surface area contributed by atoms with Gasteiger partial charge < -0.3 is 18.9 Å². The van der Waals surface area contributed by atoms with Crippen LogP contribution in [0.25, 0.3) is 11.1 Å². The molecule has 0 N–H and O–H groups in total. The summed E-state index contributed by atoms with van der Waals surface area (Å²) in [7, 11) is 0. The molecule has 7 nitrogen and oxygen atoms in total. The highest BCUT2D eigenvalue weighted by Crippen LogP contribution is 2.45. The number of carbonyl (C=O) groups excluding carboxylic acids is 2. The number of amides is 1. The maximum absolute atomic E-state index is 13.5. The van der Waals surface area contributed by atoms with Gasteiger partial charge >= 0.3 is 6.09 Å². The van der Waals surface area contributed by atoms with Crippen LogP contribution in [0.1, 0.15) is 40.2 Å². The molecular formula is C31H29NO6.